The van der Waals surface area contributed by atoms with Crippen molar-refractivity contribution >= 4 is 27.6 Å². The molecule has 13 heteroatoms. The zero-order valence-electron chi connectivity index (χ0n) is 20.5. The van der Waals surface area contributed by atoms with Crippen molar-refractivity contribution in [1.29, 1.82) is 0 Å². The third-order valence-corrected chi connectivity index (χ3v) is 7.00. The molecular formula is C24H29F3N2O7S. The van der Waals surface area contributed by atoms with Crippen LogP contribution in [0.4, 0.5) is 18.9 Å². The number of rotatable bonds is 10. The third kappa shape index (κ3) is 7.75. The van der Waals surface area contributed by atoms with Gasteiger partial charge < -0.3 is 19.9 Å². The van der Waals surface area contributed by atoms with Crippen molar-refractivity contribution in [3.8, 4) is 11.5 Å². The zero-order chi connectivity index (χ0) is 27.9. The van der Waals surface area contributed by atoms with Gasteiger partial charge in [-0.1, -0.05) is 25.5 Å². The van der Waals surface area contributed by atoms with Crippen LogP contribution in [0.2, 0.25) is 0 Å². The van der Waals surface area contributed by atoms with Crippen LogP contribution in [-0.2, 0) is 25.0 Å². The first kappa shape index (κ1) is 29.7. The van der Waals surface area contributed by atoms with Crippen LogP contribution >= 0.6 is 0 Å². The van der Waals surface area contributed by atoms with Gasteiger partial charge in [0, 0.05) is 18.3 Å². The molecule has 2 aromatic carbocycles. The second-order valence-electron chi connectivity index (χ2n) is 8.19. The number of hydrogen-bond donors (Lipinski definition) is 3. The Balaban J connectivity index is 0.000000604. The van der Waals surface area contributed by atoms with Gasteiger partial charge in [-0.2, -0.15) is 13.2 Å². The van der Waals surface area contributed by atoms with Gasteiger partial charge in [-0.3, -0.25) is 9.52 Å². The normalized spacial score (nSPS) is 14.0. The minimum Gasteiger partial charge on any atom is -0.497 e. The molecule has 1 aliphatic carbocycles. The number of benzene rings is 2. The molecule has 0 atom stereocenters. The lowest BCUT2D eigenvalue weighted by molar-refractivity contribution is -0.192. The molecule has 0 bridgehead atoms. The third-order valence-electron chi connectivity index (χ3n) is 5.59. The Bertz CT molecular complexity index is 1200. The number of nitrogens with one attached hydrogen (secondary N) is 2. The average molecular weight is 547 g/mol. The summed E-state index contributed by atoms with van der Waals surface area (Å²) in [6.45, 7) is 2.76. The van der Waals surface area contributed by atoms with Gasteiger partial charge in [0.05, 0.1) is 19.6 Å². The topological polar surface area (TPSA) is 131 Å². The van der Waals surface area contributed by atoms with E-state index in [2.05, 4.69) is 17.0 Å². The Labute approximate surface area is 213 Å². The number of amides is 1. The van der Waals surface area contributed by atoms with Crippen molar-refractivity contribution in [1.82, 2.24) is 5.32 Å². The molecule has 3 N–H and O–H groups in total. The standard InChI is InChI=1S/C22H28N2O5S.C2HF3O2/c1-4-5-14-23-21(25)22(12-13-22)16-6-8-17(9-7-16)24-30(26,27)20-15-18(28-2)10-11-19(20)29-3;3-2(4,5)1(6)7/h6-11,15,24H,4-5,12-14H2,1-3H3,(H,23,25);(H,6,7). The van der Waals surface area contributed by atoms with Crippen molar-refractivity contribution in [3.63, 3.8) is 0 Å². The summed E-state index contributed by atoms with van der Waals surface area (Å²) in [4.78, 5) is 21.5. The summed E-state index contributed by atoms with van der Waals surface area (Å²) in [7, 11) is -1.01. The molecule has 37 heavy (non-hydrogen) atoms. The molecule has 0 radical (unpaired) electrons. The molecular weight excluding hydrogens is 517 g/mol. The maximum Gasteiger partial charge on any atom is 0.490 e. The highest BCUT2D eigenvalue weighted by molar-refractivity contribution is 7.92. The Hall–Kier alpha value is -3.48. The van der Waals surface area contributed by atoms with E-state index >= 15 is 0 Å². The lowest BCUT2D eigenvalue weighted by Gasteiger charge is -2.17. The van der Waals surface area contributed by atoms with Crippen LogP contribution in [0.25, 0.3) is 0 Å². The van der Waals surface area contributed by atoms with Crippen LogP contribution in [0.3, 0.4) is 0 Å². The summed E-state index contributed by atoms with van der Waals surface area (Å²) in [6.07, 6.45) is -1.50. The first-order valence-corrected chi connectivity index (χ1v) is 12.7. The fraction of sp³-hybridized carbons (Fsp3) is 0.417. The molecule has 0 unspecified atom stereocenters. The molecule has 0 aliphatic heterocycles. The quantitative estimate of drug-likeness (QED) is 0.383. The molecule has 9 nitrogen and oxygen atoms in total. The monoisotopic (exact) mass is 546 g/mol. The largest absolute Gasteiger partial charge is 0.497 e. The number of methoxy groups -OCH3 is 2. The highest BCUT2D eigenvalue weighted by Gasteiger charge is 2.51. The number of unbranched alkanes of at least 4 members (excludes halogenated alkanes) is 1. The van der Waals surface area contributed by atoms with Crippen molar-refractivity contribution in [3.05, 3.63) is 48.0 Å². The van der Waals surface area contributed by atoms with Gasteiger partial charge >= 0.3 is 12.1 Å². The van der Waals surface area contributed by atoms with Gasteiger partial charge in [-0.25, -0.2) is 13.2 Å². The van der Waals surface area contributed by atoms with Crippen LogP contribution in [0.5, 0.6) is 11.5 Å². The minimum absolute atomic E-state index is 0.0117. The molecule has 1 fully saturated rings. The number of sulfonamides is 1. The van der Waals surface area contributed by atoms with Crippen molar-refractivity contribution in [2.75, 3.05) is 25.5 Å². The smallest absolute Gasteiger partial charge is 0.490 e. The first-order chi connectivity index (χ1) is 17.3. The second kappa shape index (κ2) is 12.2. The van der Waals surface area contributed by atoms with Crippen molar-refractivity contribution in [2.24, 2.45) is 0 Å². The number of carbonyl (C=O) groups is 2. The fourth-order valence-corrected chi connectivity index (χ4v) is 4.63. The first-order valence-electron chi connectivity index (χ1n) is 11.2. The van der Waals surface area contributed by atoms with Crippen LogP contribution in [0, 0.1) is 0 Å². The Morgan fingerprint density at radius 2 is 1.65 bits per heavy atom. The number of carbonyl (C=O) groups excluding carboxylic acids is 1. The highest BCUT2D eigenvalue weighted by atomic mass is 32.2. The summed E-state index contributed by atoms with van der Waals surface area (Å²) in [6, 6.07) is 11.6. The number of ether oxygens (including phenoxy) is 2. The van der Waals surface area contributed by atoms with Crippen LogP contribution in [0.15, 0.2) is 47.4 Å². The molecule has 0 aromatic heterocycles. The van der Waals surface area contributed by atoms with E-state index in [9.17, 15) is 26.4 Å². The summed E-state index contributed by atoms with van der Waals surface area (Å²) in [5.74, 6) is -2.07. The van der Waals surface area contributed by atoms with E-state index in [1.165, 1.54) is 20.3 Å². The minimum atomic E-state index is -5.08. The molecule has 1 amide bonds. The van der Waals surface area contributed by atoms with Crippen LogP contribution in [-0.4, -0.2) is 52.3 Å². The summed E-state index contributed by atoms with van der Waals surface area (Å²) in [5.41, 5.74) is 0.825. The molecule has 0 heterocycles. The SMILES string of the molecule is CCCCNC(=O)C1(c2ccc(NS(=O)(=O)c3cc(OC)ccc3OC)cc2)CC1.O=C(O)C(F)(F)F. The Kier molecular flexibility index (Phi) is 9.79. The van der Waals surface area contributed by atoms with E-state index in [1.807, 2.05) is 12.1 Å². The second-order valence-corrected chi connectivity index (χ2v) is 9.84. The van der Waals surface area contributed by atoms with Gasteiger partial charge in [-0.15, -0.1) is 0 Å². The van der Waals surface area contributed by atoms with E-state index in [1.54, 1.807) is 24.3 Å². The number of halogens is 3. The van der Waals surface area contributed by atoms with E-state index in [-0.39, 0.29) is 16.6 Å². The zero-order valence-corrected chi connectivity index (χ0v) is 21.3. The number of carboxylic acid groups (broad SMARTS) is 1. The van der Waals surface area contributed by atoms with Gasteiger partial charge in [0.25, 0.3) is 10.0 Å². The molecule has 204 valence electrons. The van der Waals surface area contributed by atoms with Gasteiger partial charge in [0.15, 0.2) is 0 Å². The average Bonchev–Trinajstić information content (AvgIpc) is 3.66. The summed E-state index contributed by atoms with van der Waals surface area (Å²) >= 11 is 0. The van der Waals surface area contributed by atoms with Crippen LogP contribution < -0.4 is 19.5 Å². The predicted molar refractivity (Wildman–Crippen MR) is 129 cm³/mol. The fourth-order valence-electron chi connectivity index (χ4n) is 3.38. The Morgan fingerprint density at radius 1 is 1.05 bits per heavy atom. The lowest BCUT2D eigenvalue weighted by atomic mass is 9.94. The van der Waals surface area contributed by atoms with Gasteiger partial charge in [0.1, 0.15) is 16.4 Å². The Morgan fingerprint density at radius 3 is 2.11 bits per heavy atom. The molecule has 0 saturated heterocycles. The number of anilines is 1. The molecule has 2 aromatic rings. The maximum atomic E-state index is 12.9. The maximum absolute atomic E-state index is 12.9. The molecule has 3 rings (SSSR count). The highest BCUT2D eigenvalue weighted by Crippen LogP contribution is 2.48. The van der Waals surface area contributed by atoms with Crippen molar-refractivity contribution < 1.29 is 45.8 Å². The summed E-state index contributed by atoms with van der Waals surface area (Å²) in [5, 5.41) is 10.1. The van der Waals surface area contributed by atoms with E-state index in [4.69, 9.17) is 19.4 Å². The van der Waals surface area contributed by atoms with E-state index in [0.29, 0.717) is 18.0 Å². The number of hydrogen-bond acceptors (Lipinski definition) is 6. The van der Waals surface area contributed by atoms with E-state index < -0.39 is 27.6 Å². The molecule has 1 saturated carbocycles. The molecule has 0 spiro atoms. The van der Waals surface area contributed by atoms with Gasteiger partial charge in [-0.05, 0) is 49.1 Å². The number of aliphatic carboxylic acids is 1. The lowest BCUT2D eigenvalue weighted by Crippen LogP contribution is -2.35. The number of carboxylic acids is 1. The molecule has 1 aliphatic rings. The number of alkyl halides is 3. The van der Waals surface area contributed by atoms with Crippen molar-refractivity contribution in [2.45, 2.75) is 49.1 Å². The van der Waals surface area contributed by atoms with Crippen LogP contribution in [0.1, 0.15) is 38.2 Å². The van der Waals surface area contributed by atoms with Gasteiger partial charge in [0.2, 0.25) is 5.91 Å². The summed E-state index contributed by atoms with van der Waals surface area (Å²) < 4.78 is 70.4. The predicted octanol–water partition coefficient (Wildman–Crippen LogP) is 4.09. The van der Waals surface area contributed by atoms with E-state index in [0.717, 1.165) is 31.2 Å².